The number of likely N-dealkylation sites (N-methyl/N-ethyl adjacent to an activating group) is 1. The molecule has 126 valence electrons. The molecule has 1 aromatic heterocycles. The van der Waals surface area contributed by atoms with Gasteiger partial charge in [-0.1, -0.05) is 19.1 Å². The summed E-state index contributed by atoms with van der Waals surface area (Å²) in [6.07, 6.45) is 2.37. The minimum Gasteiger partial charge on any atom is -0.459 e. The smallest absolute Gasteiger partial charge is 0.289 e. The van der Waals surface area contributed by atoms with Gasteiger partial charge in [0.05, 0.1) is 12.0 Å². The summed E-state index contributed by atoms with van der Waals surface area (Å²) < 4.78 is 5.11. The van der Waals surface area contributed by atoms with Crippen LogP contribution in [0.1, 0.15) is 23.9 Å². The van der Waals surface area contributed by atoms with Gasteiger partial charge >= 0.3 is 0 Å². The number of hydrogen-bond donors (Lipinski definition) is 0. The van der Waals surface area contributed by atoms with Crippen molar-refractivity contribution in [1.29, 1.82) is 0 Å². The molecule has 24 heavy (non-hydrogen) atoms. The molecule has 6 heteroatoms. The topological polar surface area (TPSA) is 53.8 Å². The zero-order valence-corrected chi connectivity index (χ0v) is 14.6. The standard InChI is InChI=1S/C18H20N2O3S/c1-13-9-10-20(14-6-3-4-8-16(14)24-13)17(21)12-19(2)18(22)15-7-5-11-23-15/h3-8,11,13H,9-10,12H2,1-2H3/t13-/m1/s1. The van der Waals surface area contributed by atoms with E-state index in [0.29, 0.717) is 11.8 Å². The summed E-state index contributed by atoms with van der Waals surface area (Å²) in [6, 6.07) is 11.2. The van der Waals surface area contributed by atoms with E-state index in [4.69, 9.17) is 4.42 Å². The lowest BCUT2D eigenvalue weighted by atomic mass is 10.2. The maximum absolute atomic E-state index is 12.8. The van der Waals surface area contributed by atoms with Crippen LogP contribution in [-0.4, -0.2) is 42.1 Å². The third-order valence-corrected chi connectivity index (χ3v) is 5.23. The highest BCUT2D eigenvalue weighted by Gasteiger charge is 2.26. The summed E-state index contributed by atoms with van der Waals surface area (Å²) in [6.45, 7) is 2.85. The molecule has 0 aliphatic carbocycles. The van der Waals surface area contributed by atoms with Crippen LogP contribution in [0.3, 0.4) is 0 Å². The summed E-state index contributed by atoms with van der Waals surface area (Å²) in [7, 11) is 1.61. The van der Waals surface area contributed by atoms with Gasteiger partial charge in [-0.25, -0.2) is 0 Å². The lowest BCUT2D eigenvalue weighted by Gasteiger charge is -2.25. The van der Waals surface area contributed by atoms with Crippen molar-refractivity contribution in [1.82, 2.24) is 4.90 Å². The minimum absolute atomic E-state index is 0.0207. The molecule has 0 bridgehead atoms. The van der Waals surface area contributed by atoms with Crippen molar-refractivity contribution >= 4 is 29.3 Å². The van der Waals surface area contributed by atoms with E-state index in [1.54, 1.807) is 35.8 Å². The molecule has 1 aromatic carbocycles. The molecule has 0 spiro atoms. The van der Waals surface area contributed by atoms with Gasteiger partial charge in [-0.15, -0.1) is 11.8 Å². The van der Waals surface area contributed by atoms with E-state index in [2.05, 4.69) is 6.92 Å². The second kappa shape index (κ2) is 7.13. The molecule has 0 fully saturated rings. The third-order valence-electron chi connectivity index (χ3n) is 4.00. The number of fused-ring (bicyclic) bond motifs is 1. The molecule has 1 atom stereocenters. The fourth-order valence-electron chi connectivity index (χ4n) is 2.69. The van der Waals surface area contributed by atoms with Crippen molar-refractivity contribution in [3.63, 3.8) is 0 Å². The van der Waals surface area contributed by atoms with Gasteiger partial charge in [-0.05, 0) is 30.7 Å². The number of thioether (sulfide) groups is 1. The Kier molecular flexibility index (Phi) is 4.94. The van der Waals surface area contributed by atoms with Crippen molar-refractivity contribution < 1.29 is 14.0 Å². The van der Waals surface area contributed by atoms with Gasteiger partial charge in [0.1, 0.15) is 6.54 Å². The first-order valence-corrected chi connectivity index (χ1v) is 8.79. The number of carbonyl (C=O) groups excluding carboxylic acids is 2. The van der Waals surface area contributed by atoms with Gasteiger partial charge in [0.25, 0.3) is 5.91 Å². The Labute approximate surface area is 145 Å². The van der Waals surface area contributed by atoms with Crippen LogP contribution in [-0.2, 0) is 4.79 Å². The second-order valence-electron chi connectivity index (χ2n) is 5.87. The Morgan fingerprint density at radius 3 is 2.83 bits per heavy atom. The van der Waals surface area contributed by atoms with E-state index in [-0.39, 0.29) is 24.1 Å². The average Bonchev–Trinajstić information content (AvgIpc) is 3.04. The molecule has 1 aliphatic heterocycles. The van der Waals surface area contributed by atoms with Crippen LogP contribution in [0.15, 0.2) is 52.0 Å². The van der Waals surface area contributed by atoms with Crippen molar-refractivity contribution in [3.8, 4) is 0 Å². The Balaban J connectivity index is 1.76. The summed E-state index contributed by atoms with van der Waals surface area (Å²) in [4.78, 5) is 29.3. The number of rotatable bonds is 3. The van der Waals surface area contributed by atoms with E-state index < -0.39 is 0 Å². The van der Waals surface area contributed by atoms with Crippen LogP contribution < -0.4 is 4.90 Å². The van der Waals surface area contributed by atoms with Crippen LogP contribution in [0.4, 0.5) is 5.69 Å². The van der Waals surface area contributed by atoms with E-state index in [1.807, 2.05) is 24.3 Å². The van der Waals surface area contributed by atoms with Crippen LogP contribution >= 0.6 is 11.8 Å². The molecule has 2 heterocycles. The summed E-state index contributed by atoms with van der Waals surface area (Å²) >= 11 is 1.79. The van der Waals surface area contributed by atoms with Crippen LogP contribution in [0.5, 0.6) is 0 Å². The van der Waals surface area contributed by atoms with E-state index in [0.717, 1.165) is 17.0 Å². The van der Waals surface area contributed by atoms with Gasteiger partial charge < -0.3 is 14.2 Å². The molecule has 0 unspecified atom stereocenters. The molecule has 5 nitrogen and oxygen atoms in total. The largest absolute Gasteiger partial charge is 0.459 e. The average molecular weight is 344 g/mol. The molecule has 0 radical (unpaired) electrons. The molecule has 1 aliphatic rings. The number of furan rings is 1. The molecule has 2 amide bonds. The number of hydrogen-bond acceptors (Lipinski definition) is 4. The Morgan fingerprint density at radius 2 is 2.08 bits per heavy atom. The molecule has 3 rings (SSSR count). The van der Waals surface area contributed by atoms with Gasteiger partial charge in [0, 0.05) is 23.7 Å². The maximum Gasteiger partial charge on any atom is 0.289 e. The van der Waals surface area contributed by atoms with Crippen molar-refractivity contribution in [2.75, 3.05) is 25.0 Å². The third kappa shape index (κ3) is 3.48. The molecule has 0 N–H and O–H groups in total. The lowest BCUT2D eigenvalue weighted by Crippen LogP contribution is -2.41. The molecule has 0 saturated heterocycles. The number of anilines is 1. The number of para-hydroxylation sites is 1. The minimum atomic E-state index is -0.292. The monoisotopic (exact) mass is 344 g/mol. The first-order valence-electron chi connectivity index (χ1n) is 7.91. The fourth-order valence-corrected chi connectivity index (χ4v) is 3.81. The van der Waals surface area contributed by atoms with Crippen molar-refractivity contribution in [3.05, 3.63) is 48.4 Å². The van der Waals surface area contributed by atoms with Crippen LogP contribution in [0, 0.1) is 0 Å². The normalized spacial score (nSPS) is 17.1. The molecule has 2 aromatic rings. The maximum atomic E-state index is 12.8. The highest BCUT2D eigenvalue weighted by molar-refractivity contribution is 8.00. The van der Waals surface area contributed by atoms with Gasteiger partial charge in [-0.2, -0.15) is 0 Å². The highest BCUT2D eigenvalue weighted by atomic mass is 32.2. The van der Waals surface area contributed by atoms with Crippen LogP contribution in [0.2, 0.25) is 0 Å². The van der Waals surface area contributed by atoms with E-state index in [1.165, 1.54) is 11.2 Å². The quantitative estimate of drug-likeness (QED) is 0.857. The highest BCUT2D eigenvalue weighted by Crippen LogP contribution is 2.37. The fraction of sp³-hybridized carbons (Fsp3) is 0.333. The number of benzene rings is 1. The lowest BCUT2D eigenvalue weighted by molar-refractivity contribution is -0.119. The van der Waals surface area contributed by atoms with Gasteiger partial charge in [0.15, 0.2) is 5.76 Å². The zero-order valence-electron chi connectivity index (χ0n) is 13.8. The van der Waals surface area contributed by atoms with E-state index >= 15 is 0 Å². The predicted molar refractivity (Wildman–Crippen MR) is 94.4 cm³/mol. The summed E-state index contributed by atoms with van der Waals surface area (Å²) in [5, 5.41) is 0.450. The molecule has 0 saturated carbocycles. The number of carbonyl (C=O) groups is 2. The summed E-state index contributed by atoms with van der Waals surface area (Å²) in [5.41, 5.74) is 0.927. The molecular weight excluding hydrogens is 324 g/mol. The van der Waals surface area contributed by atoms with Gasteiger partial charge in [0.2, 0.25) is 5.91 Å². The number of amides is 2. The van der Waals surface area contributed by atoms with E-state index in [9.17, 15) is 9.59 Å². The summed E-state index contributed by atoms with van der Waals surface area (Å²) in [5.74, 6) is -0.135. The SMILES string of the molecule is C[C@@H]1CCN(C(=O)CN(C)C(=O)c2ccco2)c2ccccc2S1. The van der Waals surface area contributed by atoms with Crippen molar-refractivity contribution in [2.45, 2.75) is 23.5 Å². The van der Waals surface area contributed by atoms with Crippen LogP contribution in [0.25, 0.3) is 0 Å². The zero-order chi connectivity index (χ0) is 17.1. The Hall–Kier alpha value is -2.21. The van der Waals surface area contributed by atoms with Gasteiger partial charge in [-0.3, -0.25) is 9.59 Å². The Morgan fingerprint density at radius 1 is 1.29 bits per heavy atom. The van der Waals surface area contributed by atoms with Crippen molar-refractivity contribution in [2.24, 2.45) is 0 Å². The first kappa shape index (κ1) is 16.6. The second-order valence-corrected chi connectivity index (χ2v) is 7.35. The predicted octanol–water partition coefficient (Wildman–Crippen LogP) is 3.27. The Bertz CT molecular complexity index is 730. The number of nitrogens with zero attached hydrogens (tertiary/aromatic N) is 2. The first-order chi connectivity index (χ1) is 11.6. The molecular formula is C18H20N2O3S.